The van der Waals surface area contributed by atoms with Gasteiger partial charge in [-0.1, -0.05) is 18.2 Å². The molecule has 0 bridgehead atoms. The number of oxazole rings is 1. The molecule has 0 radical (unpaired) electrons. The molecule has 1 heterocycles. The van der Waals surface area contributed by atoms with E-state index in [1.54, 1.807) is 0 Å². The quantitative estimate of drug-likeness (QED) is 0.763. The Labute approximate surface area is 123 Å². The van der Waals surface area contributed by atoms with Gasteiger partial charge in [-0.2, -0.15) is 0 Å². The van der Waals surface area contributed by atoms with Crippen molar-refractivity contribution in [3.8, 4) is 5.75 Å². The largest absolute Gasteiger partial charge is 0.494 e. The summed E-state index contributed by atoms with van der Waals surface area (Å²) in [5.41, 5.74) is 3.83. The minimum atomic E-state index is 0.668. The van der Waals surface area contributed by atoms with Gasteiger partial charge in [-0.05, 0) is 31.2 Å². The molecule has 0 spiro atoms. The summed E-state index contributed by atoms with van der Waals surface area (Å²) in [6, 6.07) is 14.0. The summed E-state index contributed by atoms with van der Waals surface area (Å²) in [6.07, 6.45) is 0. The van der Waals surface area contributed by atoms with Crippen LogP contribution in [-0.2, 0) is 6.54 Å². The van der Waals surface area contributed by atoms with Gasteiger partial charge in [-0.25, -0.2) is 4.98 Å². The van der Waals surface area contributed by atoms with Crippen LogP contribution in [0.5, 0.6) is 5.75 Å². The van der Waals surface area contributed by atoms with Gasteiger partial charge in [0.2, 0.25) is 0 Å². The molecule has 0 aliphatic rings. The van der Waals surface area contributed by atoms with E-state index < -0.39 is 0 Å². The van der Waals surface area contributed by atoms with Gasteiger partial charge in [0, 0.05) is 24.7 Å². The molecule has 0 aliphatic heterocycles. The Hall–Kier alpha value is -2.49. The van der Waals surface area contributed by atoms with E-state index in [1.807, 2.05) is 50.2 Å². The van der Waals surface area contributed by atoms with Gasteiger partial charge in [-0.3, -0.25) is 0 Å². The molecule has 0 amide bonds. The number of aromatic nitrogens is 1. The molecule has 1 aromatic heterocycles. The van der Waals surface area contributed by atoms with Gasteiger partial charge in [0.25, 0.3) is 0 Å². The van der Waals surface area contributed by atoms with E-state index in [1.165, 1.54) is 0 Å². The molecule has 2 aromatic carbocycles. The van der Waals surface area contributed by atoms with E-state index >= 15 is 0 Å². The lowest BCUT2D eigenvalue weighted by molar-refractivity contribution is 0.337. The topological polar surface area (TPSA) is 47.3 Å². The Bertz CT molecular complexity index is 749. The highest BCUT2D eigenvalue weighted by Crippen LogP contribution is 2.22. The van der Waals surface area contributed by atoms with Crippen molar-refractivity contribution < 1.29 is 9.15 Å². The zero-order chi connectivity index (χ0) is 14.7. The highest BCUT2D eigenvalue weighted by atomic mass is 16.5. The highest BCUT2D eigenvalue weighted by molar-refractivity contribution is 5.77. The maximum atomic E-state index is 5.63. The molecule has 0 saturated carbocycles. The first-order valence-electron chi connectivity index (χ1n) is 7.08. The number of hydrogen-bond donors (Lipinski definition) is 1. The Morgan fingerprint density at radius 2 is 2.05 bits per heavy atom. The van der Waals surface area contributed by atoms with Crippen LogP contribution in [0.1, 0.15) is 18.4 Å². The smallest absolute Gasteiger partial charge is 0.192 e. The Morgan fingerprint density at radius 1 is 1.19 bits per heavy atom. The number of rotatable bonds is 5. The number of ether oxygens (including phenoxy) is 1. The van der Waals surface area contributed by atoms with E-state index in [2.05, 4.69) is 16.4 Å². The molecule has 1 N–H and O–H groups in total. The molecular formula is C17H18N2O2. The number of benzene rings is 2. The van der Waals surface area contributed by atoms with Crippen molar-refractivity contribution in [1.82, 2.24) is 4.98 Å². The molecule has 21 heavy (non-hydrogen) atoms. The predicted octanol–water partition coefficient (Wildman–Crippen LogP) is 4.15. The lowest BCUT2D eigenvalue weighted by atomic mass is 10.2. The first-order valence-corrected chi connectivity index (χ1v) is 7.08. The Morgan fingerprint density at radius 3 is 2.90 bits per heavy atom. The summed E-state index contributed by atoms with van der Waals surface area (Å²) in [4.78, 5) is 4.34. The fraction of sp³-hybridized carbons (Fsp3) is 0.235. The predicted molar refractivity (Wildman–Crippen MR) is 83.7 cm³/mol. The molecular weight excluding hydrogens is 264 g/mol. The third kappa shape index (κ3) is 2.99. The van der Waals surface area contributed by atoms with Gasteiger partial charge in [0.15, 0.2) is 11.5 Å². The number of hydrogen-bond acceptors (Lipinski definition) is 4. The summed E-state index contributed by atoms with van der Waals surface area (Å²) in [5.74, 6) is 1.61. The van der Waals surface area contributed by atoms with Crippen molar-refractivity contribution in [3.05, 3.63) is 53.9 Å². The normalized spacial score (nSPS) is 10.8. The SMILES string of the molecule is CCOc1ccccc1CNc1ccc2oc(C)nc2c1. The van der Waals surface area contributed by atoms with Gasteiger partial charge in [-0.15, -0.1) is 0 Å². The van der Waals surface area contributed by atoms with Gasteiger partial charge >= 0.3 is 0 Å². The Kier molecular flexibility index (Phi) is 3.77. The first kappa shape index (κ1) is 13.5. The summed E-state index contributed by atoms with van der Waals surface area (Å²) >= 11 is 0. The molecule has 3 aromatic rings. The number of para-hydroxylation sites is 1. The van der Waals surface area contributed by atoms with Crippen LogP contribution >= 0.6 is 0 Å². The van der Waals surface area contributed by atoms with E-state index in [-0.39, 0.29) is 0 Å². The standard InChI is InChI=1S/C17H18N2O2/c1-3-20-16-7-5-4-6-13(16)11-18-14-8-9-17-15(10-14)19-12(2)21-17/h4-10,18H,3,11H2,1-2H3. The summed E-state index contributed by atoms with van der Waals surface area (Å²) in [5, 5.41) is 3.40. The lowest BCUT2D eigenvalue weighted by Gasteiger charge is -2.11. The number of fused-ring (bicyclic) bond motifs is 1. The summed E-state index contributed by atoms with van der Waals surface area (Å²) in [7, 11) is 0. The number of anilines is 1. The fourth-order valence-corrected chi connectivity index (χ4v) is 2.30. The maximum Gasteiger partial charge on any atom is 0.192 e. The number of nitrogens with zero attached hydrogens (tertiary/aromatic N) is 1. The van der Waals surface area contributed by atoms with Gasteiger partial charge in [0.05, 0.1) is 6.61 Å². The monoisotopic (exact) mass is 282 g/mol. The first-order chi connectivity index (χ1) is 10.3. The van der Waals surface area contributed by atoms with E-state index in [9.17, 15) is 0 Å². The zero-order valence-electron chi connectivity index (χ0n) is 12.2. The van der Waals surface area contributed by atoms with Crippen molar-refractivity contribution in [2.24, 2.45) is 0 Å². The van der Waals surface area contributed by atoms with Crippen LogP contribution in [0.4, 0.5) is 5.69 Å². The van der Waals surface area contributed by atoms with Crippen LogP contribution < -0.4 is 10.1 Å². The molecule has 0 aliphatic carbocycles. The van der Waals surface area contributed by atoms with Crippen molar-refractivity contribution in [3.63, 3.8) is 0 Å². The minimum Gasteiger partial charge on any atom is -0.494 e. The third-order valence-electron chi connectivity index (χ3n) is 3.25. The number of nitrogens with one attached hydrogen (secondary N) is 1. The molecule has 0 unspecified atom stereocenters. The van der Waals surface area contributed by atoms with Crippen molar-refractivity contribution in [2.45, 2.75) is 20.4 Å². The zero-order valence-corrected chi connectivity index (χ0v) is 12.2. The minimum absolute atomic E-state index is 0.668. The molecule has 0 atom stereocenters. The average Bonchev–Trinajstić information content (AvgIpc) is 2.86. The van der Waals surface area contributed by atoms with Crippen LogP contribution in [0, 0.1) is 6.92 Å². The average molecular weight is 282 g/mol. The van der Waals surface area contributed by atoms with Crippen LogP contribution in [0.25, 0.3) is 11.1 Å². The third-order valence-corrected chi connectivity index (χ3v) is 3.25. The molecule has 0 fully saturated rings. The van der Waals surface area contributed by atoms with Crippen LogP contribution in [0.3, 0.4) is 0 Å². The summed E-state index contributed by atoms with van der Waals surface area (Å²) < 4.78 is 11.1. The van der Waals surface area contributed by atoms with Crippen LogP contribution in [0.2, 0.25) is 0 Å². The fourth-order valence-electron chi connectivity index (χ4n) is 2.30. The van der Waals surface area contributed by atoms with E-state index in [0.29, 0.717) is 19.0 Å². The maximum absolute atomic E-state index is 5.63. The van der Waals surface area contributed by atoms with Crippen molar-refractivity contribution in [2.75, 3.05) is 11.9 Å². The van der Waals surface area contributed by atoms with Crippen LogP contribution in [-0.4, -0.2) is 11.6 Å². The molecule has 4 nitrogen and oxygen atoms in total. The second kappa shape index (κ2) is 5.87. The van der Waals surface area contributed by atoms with E-state index in [4.69, 9.17) is 9.15 Å². The van der Waals surface area contributed by atoms with E-state index in [0.717, 1.165) is 28.1 Å². The van der Waals surface area contributed by atoms with Gasteiger partial charge < -0.3 is 14.5 Å². The highest BCUT2D eigenvalue weighted by Gasteiger charge is 2.05. The second-order valence-electron chi connectivity index (χ2n) is 4.81. The molecule has 3 rings (SSSR count). The second-order valence-corrected chi connectivity index (χ2v) is 4.81. The molecule has 0 saturated heterocycles. The molecule has 108 valence electrons. The number of aryl methyl sites for hydroxylation is 1. The van der Waals surface area contributed by atoms with Crippen molar-refractivity contribution in [1.29, 1.82) is 0 Å². The Balaban J connectivity index is 1.76. The lowest BCUT2D eigenvalue weighted by Crippen LogP contribution is -2.03. The van der Waals surface area contributed by atoms with Gasteiger partial charge in [0.1, 0.15) is 11.3 Å². The van der Waals surface area contributed by atoms with Crippen LogP contribution in [0.15, 0.2) is 46.9 Å². The van der Waals surface area contributed by atoms with Crippen molar-refractivity contribution >= 4 is 16.8 Å². The summed E-state index contributed by atoms with van der Waals surface area (Å²) in [6.45, 7) is 5.22. The molecule has 4 heteroatoms.